The number of nitrogens with one attached hydrogen (secondary N) is 3. The zero-order chi connectivity index (χ0) is 22.9. The Morgan fingerprint density at radius 2 is 1.66 bits per heavy atom. The fourth-order valence-corrected chi connectivity index (χ4v) is 4.15. The summed E-state index contributed by atoms with van der Waals surface area (Å²) >= 11 is 2.48. The van der Waals surface area contributed by atoms with Crippen molar-refractivity contribution < 1.29 is 23.9 Å². The summed E-state index contributed by atoms with van der Waals surface area (Å²) in [6, 6.07) is 15.3. The lowest BCUT2D eigenvalue weighted by Gasteiger charge is -2.12. The molecule has 0 fully saturated rings. The molecule has 0 aliphatic carbocycles. The molecule has 3 N–H and O–H groups in total. The fraction of sp³-hybridized carbons (Fsp3) is 0.136. The van der Waals surface area contributed by atoms with Crippen LogP contribution in [-0.2, 0) is 4.79 Å². The van der Waals surface area contributed by atoms with E-state index in [1.807, 2.05) is 0 Å². The third kappa shape index (κ3) is 6.02. The van der Waals surface area contributed by atoms with E-state index in [0.717, 1.165) is 0 Å². The van der Waals surface area contributed by atoms with Crippen molar-refractivity contribution in [3.8, 4) is 11.5 Å². The monoisotopic (exact) mass is 471 g/mol. The number of ether oxygens (including phenoxy) is 2. The van der Waals surface area contributed by atoms with Crippen molar-refractivity contribution in [2.75, 3.05) is 25.3 Å². The maximum atomic E-state index is 12.5. The first kappa shape index (κ1) is 23.2. The third-order valence-corrected chi connectivity index (χ3v) is 6.13. The van der Waals surface area contributed by atoms with Crippen LogP contribution in [0, 0.1) is 0 Å². The molecule has 1 aromatic heterocycles. The predicted molar refractivity (Wildman–Crippen MR) is 125 cm³/mol. The Hall–Kier alpha value is -3.50. The van der Waals surface area contributed by atoms with Crippen LogP contribution in [0.2, 0.25) is 0 Å². The molecule has 1 heterocycles. The minimum absolute atomic E-state index is 0.0835. The minimum atomic E-state index is -0.474. The van der Waals surface area contributed by atoms with E-state index in [9.17, 15) is 14.4 Å². The molecule has 0 saturated carbocycles. The zero-order valence-corrected chi connectivity index (χ0v) is 19.0. The zero-order valence-electron chi connectivity index (χ0n) is 17.3. The number of amides is 3. The SMILES string of the molecule is COc1ccc(NC(=O)CSc2ccccc2C(=O)NNC(=O)c2cccs2)cc1OC. The largest absolute Gasteiger partial charge is 0.493 e. The standard InChI is InChI=1S/C22H21N3O5S2/c1-29-16-10-9-14(12-17(16)30-2)23-20(26)13-32-18-7-4-3-6-15(18)21(27)24-25-22(28)19-8-5-11-31-19/h3-12H,13H2,1-2H3,(H,23,26)(H,24,27)(H,25,28). The second-order valence-electron chi connectivity index (χ2n) is 6.29. The van der Waals surface area contributed by atoms with Crippen molar-refractivity contribution in [1.82, 2.24) is 10.9 Å². The van der Waals surface area contributed by atoms with Gasteiger partial charge in [-0.05, 0) is 35.7 Å². The summed E-state index contributed by atoms with van der Waals surface area (Å²) in [6.45, 7) is 0. The third-order valence-electron chi connectivity index (χ3n) is 4.19. The van der Waals surface area contributed by atoms with Crippen LogP contribution in [0.4, 0.5) is 5.69 Å². The number of carbonyl (C=O) groups is 3. The van der Waals surface area contributed by atoms with Crippen LogP contribution in [0.15, 0.2) is 64.9 Å². The molecule has 2 aromatic carbocycles. The molecule has 0 saturated heterocycles. The Kier molecular flexibility index (Phi) is 8.12. The van der Waals surface area contributed by atoms with Crippen LogP contribution in [0.1, 0.15) is 20.0 Å². The van der Waals surface area contributed by atoms with Crippen molar-refractivity contribution in [2.45, 2.75) is 4.90 Å². The molecule has 8 nitrogen and oxygen atoms in total. The van der Waals surface area contributed by atoms with Crippen molar-refractivity contribution in [1.29, 1.82) is 0 Å². The number of hydrazine groups is 1. The van der Waals surface area contributed by atoms with Gasteiger partial charge in [0, 0.05) is 16.6 Å². The topological polar surface area (TPSA) is 106 Å². The number of anilines is 1. The lowest BCUT2D eigenvalue weighted by Crippen LogP contribution is -2.41. The Morgan fingerprint density at radius 1 is 0.906 bits per heavy atom. The average Bonchev–Trinajstić information content (AvgIpc) is 3.36. The minimum Gasteiger partial charge on any atom is -0.493 e. The Morgan fingerprint density at radius 3 is 2.38 bits per heavy atom. The van der Waals surface area contributed by atoms with Gasteiger partial charge in [0.25, 0.3) is 11.8 Å². The highest BCUT2D eigenvalue weighted by atomic mass is 32.2. The molecule has 10 heteroatoms. The fourth-order valence-electron chi connectivity index (χ4n) is 2.68. The van der Waals surface area contributed by atoms with Gasteiger partial charge in [-0.1, -0.05) is 18.2 Å². The molecular formula is C22H21N3O5S2. The van der Waals surface area contributed by atoms with E-state index >= 15 is 0 Å². The summed E-state index contributed by atoms with van der Waals surface area (Å²) in [7, 11) is 3.05. The Labute approximate surface area is 193 Å². The second-order valence-corrected chi connectivity index (χ2v) is 8.25. The van der Waals surface area contributed by atoms with Gasteiger partial charge >= 0.3 is 0 Å². The summed E-state index contributed by atoms with van der Waals surface area (Å²) in [5, 5.41) is 4.56. The van der Waals surface area contributed by atoms with Gasteiger partial charge in [0.05, 0.1) is 30.4 Å². The smallest absolute Gasteiger partial charge is 0.279 e. The first-order valence-corrected chi connectivity index (χ1v) is 11.3. The van der Waals surface area contributed by atoms with Crippen molar-refractivity contribution in [3.05, 3.63) is 70.4 Å². The molecule has 0 aliphatic heterocycles. The molecule has 32 heavy (non-hydrogen) atoms. The van der Waals surface area contributed by atoms with Gasteiger partial charge in [-0.3, -0.25) is 25.2 Å². The molecule has 0 bridgehead atoms. The van der Waals surface area contributed by atoms with E-state index in [4.69, 9.17) is 9.47 Å². The summed E-state index contributed by atoms with van der Waals surface area (Å²) in [6.07, 6.45) is 0. The van der Waals surface area contributed by atoms with Gasteiger partial charge in [0.2, 0.25) is 5.91 Å². The number of thiophene rings is 1. The highest BCUT2D eigenvalue weighted by molar-refractivity contribution is 8.00. The molecule has 3 amide bonds. The number of rotatable bonds is 8. The number of hydrogen-bond donors (Lipinski definition) is 3. The van der Waals surface area contributed by atoms with Crippen LogP contribution >= 0.6 is 23.1 Å². The highest BCUT2D eigenvalue weighted by Gasteiger charge is 2.15. The highest BCUT2D eigenvalue weighted by Crippen LogP contribution is 2.30. The number of benzene rings is 2. The van der Waals surface area contributed by atoms with Gasteiger partial charge in [-0.25, -0.2) is 0 Å². The summed E-state index contributed by atoms with van der Waals surface area (Å²) in [5.41, 5.74) is 5.71. The van der Waals surface area contributed by atoms with Crippen molar-refractivity contribution >= 4 is 46.5 Å². The van der Waals surface area contributed by atoms with Crippen molar-refractivity contribution in [2.24, 2.45) is 0 Å². The first-order valence-electron chi connectivity index (χ1n) is 9.39. The van der Waals surface area contributed by atoms with Crippen LogP contribution in [-0.4, -0.2) is 37.7 Å². The summed E-state index contributed by atoms with van der Waals surface area (Å²) in [5.74, 6) is 0.0327. The maximum absolute atomic E-state index is 12.5. The molecule has 166 valence electrons. The normalized spacial score (nSPS) is 10.2. The molecule has 0 atom stereocenters. The summed E-state index contributed by atoms with van der Waals surface area (Å²) in [4.78, 5) is 38.1. The van der Waals surface area contributed by atoms with E-state index in [0.29, 0.717) is 32.5 Å². The average molecular weight is 472 g/mol. The number of hydrogen-bond acceptors (Lipinski definition) is 7. The van der Waals surface area contributed by atoms with Gasteiger partial charge in [-0.2, -0.15) is 0 Å². The number of carbonyl (C=O) groups excluding carboxylic acids is 3. The molecule has 0 radical (unpaired) electrons. The molecule has 0 spiro atoms. The van der Waals surface area contributed by atoms with E-state index < -0.39 is 11.8 Å². The summed E-state index contributed by atoms with van der Waals surface area (Å²) < 4.78 is 10.4. The van der Waals surface area contributed by atoms with E-state index in [1.165, 1.54) is 37.3 Å². The lowest BCUT2D eigenvalue weighted by atomic mass is 10.2. The van der Waals surface area contributed by atoms with Gasteiger partial charge < -0.3 is 14.8 Å². The predicted octanol–water partition coefficient (Wildman–Crippen LogP) is 3.57. The molecule has 0 aliphatic rings. The maximum Gasteiger partial charge on any atom is 0.279 e. The Balaban J connectivity index is 1.58. The van der Waals surface area contributed by atoms with Crippen molar-refractivity contribution in [3.63, 3.8) is 0 Å². The first-order chi connectivity index (χ1) is 15.5. The van der Waals surface area contributed by atoms with Gasteiger partial charge in [0.1, 0.15) is 0 Å². The van der Waals surface area contributed by atoms with Crippen LogP contribution in [0.3, 0.4) is 0 Å². The quantitative estimate of drug-likeness (QED) is 0.343. The van der Waals surface area contributed by atoms with E-state index in [1.54, 1.807) is 60.0 Å². The van der Waals surface area contributed by atoms with Crippen LogP contribution in [0.5, 0.6) is 11.5 Å². The number of methoxy groups -OCH3 is 2. The second kappa shape index (κ2) is 11.2. The van der Waals surface area contributed by atoms with Gasteiger partial charge in [-0.15, -0.1) is 23.1 Å². The van der Waals surface area contributed by atoms with Crippen LogP contribution < -0.4 is 25.6 Å². The molecule has 0 unspecified atom stereocenters. The molecule has 3 rings (SSSR count). The van der Waals surface area contributed by atoms with Crippen LogP contribution in [0.25, 0.3) is 0 Å². The lowest BCUT2D eigenvalue weighted by molar-refractivity contribution is -0.113. The number of thioether (sulfide) groups is 1. The molecular weight excluding hydrogens is 450 g/mol. The van der Waals surface area contributed by atoms with E-state index in [2.05, 4.69) is 16.2 Å². The Bertz CT molecular complexity index is 1100. The van der Waals surface area contributed by atoms with Gasteiger partial charge in [0.15, 0.2) is 11.5 Å². The molecule has 3 aromatic rings. The van der Waals surface area contributed by atoms with E-state index in [-0.39, 0.29) is 11.7 Å².